The van der Waals surface area contributed by atoms with Gasteiger partial charge in [0.2, 0.25) is 11.9 Å². The summed E-state index contributed by atoms with van der Waals surface area (Å²) < 4.78 is 19.3. The number of ketones is 1. The minimum atomic E-state index is -0.841. The molecule has 3 unspecified atom stereocenters. The van der Waals surface area contributed by atoms with E-state index in [1.807, 2.05) is 6.07 Å². The number of hydrogen-bond donors (Lipinski definition) is 2. The zero-order valence-corrected chi connectivity index (χ0v) is 17.0. The van der Waals surface area contributed by atoms with Gasteiger partial charge in [-0.1, -0.05) is 11.6 Å². The zero-order valence-electron chi connectivity index (χ0n) is 16.3. The SMILES string of the molecule is CC1CC(c2ncc3nc(C4OC(c5ccc(F)c(Cl)c5)=CC4=O)cc-3[nH]2)CCN1. The molecule has 2 N–H and O–H groups in total. The second-order valence-corrected chi connectivity index (χ2v) is 8.27. The molecule has 0 aliphatic carbocycles. The van der Waals surface area contributed by atoms with Gasteiger partial charge in [0.1, 0.15) is 23.1 Å². The maximum Gasteiger partial charge on any atom is 0.206 e. The molecule has 4 heterocycles. The maximum absolute atomic E-state index is 13.4. The molecule has 1 aromatic rings. The Morgan fingerprint density at radius 3 is 2.97 bits per heavy atom. The van der Waals surface area contributed by atoms with Gasteiger partial charge in [-0.2, -0.15) is 0 Å². The van der Waals surface area contributed by atoms with Gasteiger partial charge >= 0.3 is 0 Å². The highest BCUT2D eigenvalue weighted by Gasteiger charge is 2.33. The van der Waals surface area contributed by atoms with E-state index in [4.69, 9.17) is 16.3 Å². The summed E-state index contributed by atoms with van der Waals surface area (Å²) in [6, 6.07) is 6.51. The van der Waals surface area contributed by atoms with Crippen LogP contribution in [0.4, 0.5) is 4.39 Å². The normalized spacial score (nSPS) is 24.2. The fourth-order valence-electron chi connectivity index (χ4n) is 4.11. The average molecular weight is 427 g/mol. The fraction of sp³-hybridized carbons (Fsp3) is 0.318. The number of nitrogens with zero attached hydrogens (tertiary/aromatic N) is 2. The summed E-state index contributed by atoms with van der Waals surface area (Å²) in [5.41, 5.74) is 2.58. The molecular formula is C22H20ClFN4O2. The maximum atomic E-state index is 13.4. The van der Waals surface area contributed by atoms with Gasteiger partial charge in [-0.25, -0.2) is 14.4 Å². The van der Waals surface area contributed by atoms with Gasteiger partial charge in [-0.05, 0) is 50.6 Å². The molecule has 3 atom stereocenters. The Kier molecular flexibility index (Phi) is 4.79. The molecule has 0 saturated carbocycles. The number of aromatic amines is 1. The van der Waals surface area contributed by atoms with Crippen LogP contribution in [0.3, 0.4) is 0 Å². The third kappa shape index (κ3) is 3.48. The number of H-pyrrole nitrogens is 1. The van der Waals surface area contributed by atoms with Gasteiger partial charge < -0.3 is 15.0 Å². The van der Waals surface area contributed by atoms with E-state index in [-0.39, 0.29) is 10.8 Å². The highest BCUT2D eigenvalue weighted by molar-refractivity contribution is 6.30. The second kappa shape index (κ2) is 7.49. The molecule has 1 fully saturated rings. The van der Waals surface area contributed by atoms with Crippen LogP contribution in [-0.2, 0) is 9.53 Å². The molecule has 0 amide bonds. The fourth-order valence-corrected chi connectivity index (χ4v) is 4.29. The number of piperidine rings is 1. The van der Waals surface area contributed by atoms with Crippen molar-refractivity contribution in [1.82, 2.24) is 20.3 Å². The van der Waals surface area contributed by atoms with Gasteiger partial charge in [-0.3, -0.25) is 4.79 Å². The molecular weight excluding hydrogens is 407 g/mol. The first-order valence-electron chi connectivity index (χ1n) is 9.94. The summed E-state index contributed by atoms with van der Waals surface area (Å²) in [7, 11) is 0. The van der Waals surface area contributed by atoms with Crippen LogP contribution < -0.4 is 5.32 Å². The average Bonchev–Trinajstić information content (AvgIpc) is 3.32. The summed E-state index contributed by atoms with van der Waals surface area (Å²) >= 11 is 5.85. The molecule has 154 valence electrons. The molecule has 0 spiro atoms. The van der Waals surface area contributed by atoms with E-state index in [1.165, 1.54) is 24.3 Å². The number of fused-ring (bicyclic) bond motifs is 1. The Morgan fingerprint density at radius 2 is 2.17 bits per heavy atom. The highest BCUT2D eigenvalue weighted by atomic mass is 35.5. The lowest BCUT2D eigenvalue weighted by atomic mass is 9.92. The Balaban J connectivity index is 1.39. The topological polar surface area (TPSA) is 79.9 Å². The molecule has 30 heavy (non-hydrogen) atoms. The first-order valence-corrected chi connectivity index (χ1v) is 10.3. The summed E-state index contributed by atoms with van der Waals surface area (Å²) in [5.74, 6) is 0.921. The largest absolute Gasteiger partial charge is 0.475 e. The molecule has 6 nitrogen and oxygen atoms in total. The molecule has 1 saturated heterocycles. The first kappa shape index (κ1) is 19.2. The lowest BCUT2D eigenvalue weighted by Crippen LogP contribution is -2.35. The minimum Gasteiger partial charge on any atom is -0.475 e. The zero-order chi connectivity index (χ0) is 20.8. The van der Waals surface area contributed by atoms with E-state index < -0.39 is 11.9 Å². The lowest BCUT2D eigenvalue weighted by Gasteiger charge is -2.27. The summed E-state index contributed by atoms with van der Waals surface area (Å²) in [5, 5.41) is 3.42. The molecule has 4 aliphatic rings. The number of ether oxygens (including phenoxy) is 1. The van der Waals surface area contributed by atoms with Gasteiger partial charge in [0, 0.05) is 23.6 Å². The Morgan fingerprint density at radius 1 is 1.30 bits per heavy atom. The van der Waals surface area contributed by atoms with Crippen LogP contribution in [-0.4, -0.2) is 33.3 Å². The van der Waals surface area contributed by atoms with Gasteiger partial charge in [0.05, 0.1) is 22.6 Å². The smallest absolute Gasteiger partial charge is 0.206 e. The van der Waals surface area contributed by atoms with E-state index in [1.54, 1.807) is 6.20 Å². The molecule has 0 bridgehead atoms. The van der Waals surface area contributed by atoms with Crippen molar-refractivity contribution in [2.45, 2.75) is 37.8 Å². The number of nitrogens with one attached hydrogen (secondary N) is 2. The lowest BCUT2D eigenvalue weighted by molar-refractivity contribution is -0.120. The minimum absolute atomic E-state index is 0.0227. The van der Waals surface area contributed by atoms with Crippen molar-refractivity contribution < 1.29 is 13.9 Å². The van der Waals surface area contributed by atoms with Gasteiger partial charge in [0.25, 0.3) is 0 Å². The first-order chi connectivity index (χ1) is 14.5. The number of hydrogen-bond acceptors (Lipinski definition) is 5. The van der Waals surface area contributed by atoms with Crippen molar-refractivity contribution in [3.63, 3.8) is 0 Å². The number of halogens is 2. The van der Waals surface area contributed by atoms with E-state index >= 15 is 0 Å². The molecule has 4 aliphatic heterocycles. The Bertz CT molecular complexity index is 1130. The number of aromatic nitrogens is 3. The van der Waals surface area contributed by atoms with Crippen molar-refractivity contribution in [3.8, 4) is 11.4 Å². The third-order valence-electron chi connectivity index (χ3n) is 5.67. The van der Waals surface area contributed by atoms with Crippen LogP contribution in [0.25, 0.3) is 17.1 Å². The Labute approximate surface area is 177 Å². The molecule has 0 aromatic heterocycles. The predicted octanol–water partition coefficient (Wildman–Crippen LogP) is 4.24. The summed E-state index contributed by atoms with van der Waals surface area (Å²) in [6.07, 6.45) is 4.35. The number of carbonyl (C=O) groups is 1. The van der Waals surface area contributed by atoms with E-state index in [0.717, 1.165) is 30.9 Å². The third-order valence-corrected chi connectivity index (χ3v) is 5.96. The predicted molar refractivity (Wildman–Crippen MR) is 111 cm³/mol. The van der Waals surface area contributed by atoms with Crippen molar-refractivity contribution in [1.29, 1.82) is 0 Å². The summed E-state index contributed by atoms with van der Waals surface area (Å²) in [6.45, 7) is 3.14. The Hall–Kier alpha value is -2.77. The molecule has 0 radical (unpaired) electrons. The van der Waals surface area contributed by atoms with Crippen LogP contribution in [0.15, 0.2) is 36.5 Å². The summed E-state index contributed by atoms with van der Waals surface area (Å²) in [4.78, 5) is 25.0. The van der Waals surface area contributed by atoms with Crippen LogP contribution in [0.1, 0.15) is 48.9 Å². The second-order valence-electron chi connectivity index (χ2n) is 7.86. The van der Waals surface area contributed by atoms with Crippen molar-refractivity contribution in [3.05, 3.63) is 64.5 Å². The molecule has 8 heteroatoms. The number of benzene rings is 1. The van der Waals surface area contributed by atoms with Crippen LogP contribution >= 0.6 is 11.6 Å². The number of carbonyl (C=O) groups excluding carboxylic acids is 1. The van der Waals surface area contributed by atoms with E-state index in [2.05, 4.69) is 27.2 Å². The van der Waals surface area contributed by atoms with Crippen molar-refractivity contribution in [2.24, 2.45) is 0 Å². The van der Waals surface area contributed by atoms with Gasteiger partial charge in [0.15, 0.2) is 0 Å². The van der Waals surface area contributed by atoms with Crippen LogP contribution in [0.5, 0.6) is 0 Å². The van der Waals surface area contributed by atoms with Crippen LogP contribution in [0.2, 0.25) is 5.02 Å². The molecule has 1 aromatic carbocycles. The monoisotopic (exact) mass is 426 g/mol. The standard InChI is InChI=1S/C22H20ClFN4O2/c1-11-6-13(4-5-25-11)22-26-10-18-16(28-22)8-17(27-18)21-19(29)9-20(30-21)12-2-3-15(24)14(23)7-12/h2-3,7-11,13,21,25H,4-6H2,1H3,(H,26,28). The van der Waals surface area contributed by atoms with Gasteiger partial charge in [-0.15, -0.1) is 0 Å². The van der Waals surface area contributed by atoms with Crippen LogP contribution in [0, 0.1) is 5.82 Å². The highest BCUT2D eigenvalue weighted by Crippen LogP contribution is 2.36. The number of rotatable bonds is 3. The molecule has 5 rings (SSSR count). The van der Waals surface area contributed by atoms with E-state index in [0.29, 0.717) is 34.7 Å². The van der Waals surface area contributed by atoms with E-state index in [9.17, 15) is 9.18 Å². The van der Waals surface area contributed by atoms with Crippen molar-refractivity contribution in [2.75, 3.05) is 6.54 Å². The van der Waals surface area contributed by atoms with Crippen molar-refractivity contribution >= 4 is 23.1 Å². The quantitative estimate of drug-likeness (QED) is 0.654.